The summed E-state index contributed by atoms with van der Waals surface area (Å²) in [6.07, 6.45) is 1.28. The SMILES string of the molecule is Cc1ccc(C(=O)NN=Cc2cccc(F)c2)cc1[N+](=O)[O-]. The van der Waals surface area contributed by atoms with Crippen LogP contribution in [0.1, 0.15) is 21.5 Å². The lowest BCUT2D eigenvalue weighted by atomic mass is 10.1. The van der Waals surface area contributed by atoms with Crippen molar-refractivity contribution in [1.29, 1.82) is 0 Å². The number of hydrogen-bond donors (Lipinski definition) is 1. The van der Waals surface area contributed by atoms with E-state index in [4.69, 9.17) is 0 Å². The van der Waals surface area contributed by atoms with Crippen molar-refractivity contribution in [3.05, 3.63) is 75.1 Å². The largest absolute Gasteiger partial charge is 0.273 e. The monoisotopic (exact) mass is 301 g/mol. The number of hydrogen-bond acceptors (Lipinski definition) is 4. The van der Waals surface area contributed by atoms with Crippen LogP contribution in [-0.2, 0) is 0 Å². The van der Waals surface area contributed by atoms with Crippen molar-refractivity contribution < 1.29 is 14.1 Å². The number of rotatable bonds is 4. The summed E-state index contributed by atoms with van der Waals surface area (Å²) in [4.78, 5) is 22.1. The summed E-state index contributed by atoms with van der Waals surface area (Å²) in [7, 11) is 0. The molecule has 0 saturated carbocycles. The molecule has 0 spiro atoms. The Morgan fingerprint density at radius 1 is 1.32 bits per heavy atom. The van der Waals surface area contributed by atoms with Gasteiger partial charge in [0, 0.05) is 17.2 Å². The Kier molecular flexibility index (Phi) is 4.57. The van der Waals surface area contributed by atoms with Gasteiger partial charge in [-0.2, -0.15) is 5.10 Å². The van der Waals surface area contributed by atoms with Crippen LogP contribution >= 0.6 is 0 Å². The molecule has 0 fully saturated rings. The van der Waals surface area contributed by atoms with Crippen molar-refractivity contribution in [2.45, 2.75) is 6.92 Å². The molecule has 2 aromatic carbocycles. The average molecular weight is 301 g/mol. The maximum Gasteiger partial charge on any atom is 0.273 e. The van der Waals surface area contributed by atoms with Crippen molar-refractivity contribution in [1.82, 2.24) is 5.43 Å². The van der Waals surface area contributed by atoms with Crippen LogP contribution < -0.4 is 5.43 Å². The molecule has 2 aromatic rings. The van der Waals surface area contributed by atoms with Crippen LogP contribution in [0, 0.1) is 22.9 Å². The quantitative estimate of drug-likeness (QED) is 0.535. The zero-order valence-electron chi connectivity index (χ0n) is 11.6. The number of halogens is 1. The number of nitro groups is 1. The van der Waals surface area contributed by atoms with E-state index >= 15 is 0 Å². The molecule has 6 nitrogen and oxygen atoms in total. The molecule has 1 N–H and O–H groups in total. The first-order chi connectivity index (χ1) is 10.5. The van der Waals surface area contributed by atoms with Gasteiger partial charge in [-0.05, 0) is 30.7 Å². The molecule has 0 aliphatic rings. The second kappa shape index (κ2) is 6.57. The van der Waals surface area contributed by atoms with Crippen LogP contribution in [-0.4, -0.2) is 17.0 Å². The van der Waals surface area contributed by atoms with Gasteiger partial charge in [-0.15, -0.1) is 0 Å². The minimum Gasteiger partial charge on any atom is -0.267 e. The standard InChI is InChI=1S/C15H12FN3O3/c1-10-5-6-12(8-14(10)19(21)22)15(20)18-17-9-11-3-2-4-13(16)7-11/h2-9H,1H3,(H,18,20). The highest BCUT2D eigenvalue weighted by Crippen LogP contribution is 2.19. The second-order valence-corrected chi connectivity index (χ2v) is 4.51. The fraction of sp³-hybridized carbons (Fsp3) is 0.0667. The van der Waals surface area contributed by atoms with E-state index < -0.39 is 16.6 Å². The lowest BCUT2D eigenvalue weighted by molar-refractivity contribution is -0.385. The van der Waals surface area contributed by atoms with Crippen molar-refractivity contribution in [3.63, 3.8) is 0 Å². The molecular weight excluding hydrogens is 289 g/mol. The van der Waals surface area contributed by atoms with Crippen molar-refractivity contribution in [2.24, 2.45) is 5.10 Å². The summed E-state index contributed by atoms with van der Waals surface area (Å²) in [5.74, 6) is -1.000. The number of aryl methyl sites for hydroxylation is 1. The predicted molar refractivity (Wildman–Crippen MR) is 79.3 cm³/mol. The van der Waals surface area contributed by atoms with E-state index in [9.17, 15) is 19.3 Å². The summed E-state index contributed by atoms with van der Waals surface area (Å²) < 4.78 is 13.0. The molecule has 0 aliphatic carbocycles. The van der Waals surface area contributed by atoms with Gasteiger partial charge in [0.15, 0.2) is 0 Å². The molecule has 0 radical (unpaired) electrons. The van der Waals surface area contributed by atoms with E-state index in [1.54, 1.807) is 13.0 Å². The van der Waals surface area contributed by atoms with Crippen molar-refractivity contribution in [2.75, 3.05) is 0 Å². The fourth-order valence-electron chi connectivity index (χ4n) is 1.76. The van der Waals surface area contributed by atoms with Crippen LogP contribution in [0.25, 0.3) is 0 Å². The number of amides is 1. The Balaban J connectivity index is 2.09. The molecule has 0 unspecified atom stereocenters. The molecule has 1 amide bonds. The van der Waals surface area contributed by atoms with Gasteiger partial charge in [-0.3, -0.25) is 14.9 Å². The van der Waals surface area contributed by atoms with E-state index in [2.05, 4.69) is 10.5 Å². The first-order valence-corrected chi connectivity index (χ1v) is 6.31. The molecule has 7 heteroatoms. The Hall–Kier alpha value is -3.09. The molecular formula is C15H12FN3O3. The molecule has 0 saturated heterocycles. The fourth-order valence-corrected chi connectivity index (χ4v) is 1.76. The summed E-state index contributed by atoms with van der Waals surface area (Å²) >= 11 is 0. The third kappa shape index (κ3) is 3.72. The highest BCUT2D eigenvalue weighted by molar-refractivity contribution is 5.95. The Bertz CT molecular complexity index is 759. The van der Waals surface area contributed by atoms with Crippen LogP contribution in [0.4, 0.5) is 10.1 Å². The van der Waals surface area contributed by atoms with Gasteiger partial charge >= 0.3 is 0 Å². The summed E-state index contributed by atoms with van der Waals surface area (Å²) in [6.45, 7) is 1.59. The highest BCUT2D eigenvalue weighted by Gasteiger charge is 2.14. The summed E-state index contributed by atoms with van der Waals surface area (Å²) in [5.41, 5.74) is 3.16. The number of carbonyl (C=O) groups excluding carboxylic acids is 1. The molecule has 0 bridgehead atoms. The lowest BCUT2D eigenvalue weighted by Crippen LogP contribution is -2.17. The molecule has 0 heterocycles. The van der Waals surface area contributed by atoms with Crippen LogP contribution in [0.5, 0.6) is 0 Å². The number of nitrogens with one attached hydrogen (secondary N) is 1. The molecule has 2 rings (SSSR count). The third-order valence-electron chi connectivity index (χ3n) is 2.90. The zero-order valence-corrected chi connectivity index (χ0v) is 11.6. The third-order valence-corrected chi connectivity index (χ3v) is 2.90. The normalized spacial score (nSPS) is 10.6. The minimum absolute atomic E-state index is 0.119. The second-order valence-electron chi connectivity index (χ2n) is 4.51. The molecule has 0 aliphatic heterocycles. The average Bonchev–Trinajstić information content (AvgIpc) is 2.47. The van der Waals surface area contributed by atoms with E-state index in [0.29, 0.717) is 11.1 Å². The Morgan fingerprint density at radius 3 is 2.77 bits per heavy atom. The highest BCUT2D eigenvalue weighted by atomic mass is 19.1. The van der Waals surface area contributed by atoms with Crippen LogP contribution in [0.3, 0.4) is 0 Å². The first kappa shape index (κ1) is 15.3. The van der Waals surface area contributed by atoms with Crippen molar-refractivity contribution >= 4 is 17.8 Å². The number of nitrogens with zero attached hydrogens (tertiary/aromatic N) is 2. The van der Waals surface area contributed by atoms with E-state index in [-0.39, 0.29) is 11.3 Å². The zero-order chi connectivity index (χ0) is 16.1. The van der Waals surface area contributed by atoms with Gasteiger partial charge in [0.25, 0.3) is 11.6 Å². The van der Waals surface area contributed by atoms with Gasteiger partial charge in [0.05, 0.1) is 11.1 Å². The number of benzene rings is 2. The minimum atomic E-state index is -0.587. The van der Waals surface area contributed by atoms with Gasteiger partial charge in [-0.25, -0.2) is 9.82 Å². The number of nitro benzene ring substituents is 1. The molecule has 0 atom stereocenters. The number of carbonyl (C=O) groups is 1. The topological polar surface area (TPSA) is 84.6 Å². The Labute approximate surface area is 125 Å². The van der Waals surface area contributed by atoms with E-state index in [1.807, 2.05) is 0 Å². The van der Waals surface area contributed by atoms with Gasteiger partial charge in [-0.1, -0.05) is 18.2 Å². The number of hydrazone groups is 1. The smallest absolute Gasteiger partial charge is 0.267 e. The summed E-state index contributed by atoms with van der Waals surface area (Å²) in [5, 5.41) is 14.5. The maximum absolute atomic E-state index is 13.0. The van der Waals surface area contributed by atoms with Gasteiger partial charge < -0.3 is 0 Å². The Morgan fingerprint density at radius 2 is 2.09 bits per heavy atom. The van der Waals surface area contributed by atoms with Gasteiger partial charge in [0.1, 0.15) is 5.82 Å². The first-order valence-electron chi connectivity index (χ1n) is 6.31. The molecule has 0 aromatic heterocycles. The van der Waals surface area contributed by atoms with Gasteiger partial charge in [0.2, 0.25) is 0 Å². The summed E-state index contributed by atoms with van der Waals surface area (Å²) in [6, 6.07) is 9.83. The van der Waals surface area contributed by atoms with Crippen LogP contribution in [0.2, 0.25) is 0 Å². The lowest BCUT2D eigenvalue weighted by Gasteiger charge is -2.02. The maximum atomic E-state index is 13.0. The molecule has 22 heavy (non-hydrogen) atoms. The van der Waals surface area contributed by atoms with E-state index in [0.717, 1.165) is 0 Å². The van der Waals surface area contributed by atoms with Crippen molar-refractivity contribution in [3.8, 4) is 0 Å². The van der Waals surface area contributed by atoms with E-state index in [1.165, 1.54) is 42.6 Å². The van der Waals surface area contributed by atoms with Crippen LogP contribution in [0.15, 0.2) is 47.6 Å². The molecule has 112 valence electrons. The predicted octanol–water partition coefficient (Wildman–Crippen LogP) is 2.81.